The van der Waals surface area contributed by atoms with Gasteiger partial charge in [-0.3, -0.25) is 14.5 Å². The summed E-state index contributed by atoms with van der Waals surface area (Å²) < 4.78 is 26.1. The van der Waals surface area contributed by atoms with Gasteiger partial charge in [0.1, 0.15) is 11.6 Å². The van der Waals surface area contributed by atoms with E-state index >= 15 is 0 Å². The molecular weight excluding hydrogens is 306 g/mol. The summed E-state index contributed by atoms with van der Waals surface area (Å²) >= 11 is 0. The van der Waals surface area contributed by atoms with Gasteiger partial charge in [-0.05, 0) is 25.1 Å². The number of benzene rings is 1. The molecule has 2 N–H and O–H groups in total. The lowest BCUT2D eigenvalue weighted by atomic mass is 10.3. The molecule has 1 aromatic rings. The molecule has 0 unspecified atom stereocenters. The molecule has 0 saturated heterocycles. The lowest BCUT2D eigenvalue weighted by molar-refractivity contribution is -0.138. The van der Waals surface area contributed by atoms with E-state index in [9.17, 15) is 18.4 Å². The summed E-state index contributed by atoms with van der Waals surface area (Å²) in [6.07, 6.45) is 0.686. The summed E-state index contributed by atoms with van der Waals surface area (Å²) in [7, 11) is 0. The number of carbonyl (C=O) groups excluding carboxylic acids is 1. The minimum atomic E-state index is -1.04. The molecule has 0 heterocycles. The number of aliphatic carboxylic acids is 1. The van der Waals surface area contributed by atoms with Crippen LogP contribution >= 0.6 is 12.4 Å². The number of nitrogens with zero attached hydrogens (tertiary/aromatic N) is 1. The van der Waals surface area contributed by atoms with E-state index in [2.05, 4.69) is 5.32 Å². The Bertz CT molecular complexity index is 500. The van der Waals surface area contributed by atoms with E-state index in [0.717, 1.165) is 12.1 Å². The van der Waals surface area contributed by atoms with Gasteiger partial charge in [-0.25, -0.2) is 8.78 Å². The van der Waals surface area contributed by atoms with Crippen LogP contribution in [0.1, 0.15) is 13.3 Å². The minimum Gasteiger partial charge on any atom is -0.480 e. The Morgan fingerprint density at radius 1 is 1.29 bits per heavy atom. The number of hydrogen-bond acceptors (Lipinski definition) is 3. The highest BCUT2D eigenvalue weighted by Gasteiger charge is 2.14. The molecule has 0 aliphatic heterocycles. The summed E-state index contributed by atoms with van der Waals surface area (Å²) in [6.45, 7) is 1.85. The molecule has 1 amide bonds. The zero-order chi connectivity index (χ0) is 15.1. The van der Waals surface area contributed by atoms with E-state index in [1.54, 1.807) is 0 Å². The lowest BCUT2D eigenvalue weighted by Crippen LogP contribution is -2.37. The van der Waals surface area contributed by atoms with E-state index in [0.29, 0.717) is 19.0 Å². The highest BCUT2D eigenvalue weighted by atomic mass is 35.5. The van der Waals surface area contributed by atoms with E-state index in [1.807, 2.05) is 6.92 Å². The number of rotatable bonds is 7. The maximum absolute atomic E-state index is 13.3. The number of carbonyl (C=O) groups is 2. The predicted octanol–water partition coefficient (Wildman–Crippen LogP) is 2.12. The first kappa shape index (κ1) is 19.3. The van der Waals surface area contributed by atoms with Crippen LogP contribution in [0.15, 0.2) is 18.2 Å². The van der Waals surface area contributed by atoms with Crippen molar-refractivity contribution in [2.24, 2.45) is 0 Å². The largest absolute Gasteiger partial charge is 0.480 e. The third kappa shape index (κ3) is 7.01. The number of carboxylic acids is 1. The van der Waals surface area contributed by atoms with Crippen molar-refractivity contribution < 1.29 is 23.5 Å². The molecule has 118 valence electrons. The van der Waals surface area contributed by atoms with E-state index in [1.165, 1.54) is 4.90 Å². The van der Waals surface area contributed by atoms with Crippen LogP contribution < -0.4 is 5.32 Å². The second-order valence-electron chi connectivity index (χ2n) is 4.28. The van der Waals surface area contributed by atoms with Crippen molar-refractivity contribution in [3.05, 3.63) is 29.8 Å². The first-order valence-corrected chi connectivity index (χ1v) is 6.11. The highest BCUT2D eigenvalue weighted by Crippen LogP contribution is 2.14. The number of halogens is 3. The molecule has 0 atom stereocenters. The molecule has 1 rings (SSSR count). The molecule has 21 heavy (non-hydrogen) atoms. The second-order valence-corrected chi connectivity index (χ2v) is 4.28. The van der Waals surface area contributed by atoms with Crippen LogP contribution in [0.2, 0.25) is 0 Å². The zero-order valence-electron chi connectivity index (χ0n) is 11.4. The topological polar surface area (TPSA) is 69.6 Å². The van der Waals surface area contributed by atoms with Crippen molar-refractivity contribution in [2.75, 3.05) is 25.0 Å². The Morgan fingerprint density at radius 3 is 2.48 bits per heavy atom. The van der Waals surface area contributed by atoms with E-state index in [-0.39, 0.29) is 31.2 Å². The van der Waals surface area contributed by atoms with E-state index < -0.39 is 23.5 Å². The quantitative estimate of drug-likeness (QED) is 0.807. The fraction of sp³-hybridized carbons (Fsp3) is 0.385. The van der Waals surface area contributed by atoms with Crippen molar-refractivity contribution in [1.82, 2.24) is 4.90 Å². The van der Waals surface area contributed by atoms with Crippen molar-refractivity contribution >= 4 is 30.0 Å². The third-order valence-electron chi connectivity index (χ3n) is 2.47. The Hall–Kier alpha value is -1.73. The van der Waals surface area contributed by atoms with Crippen LogP contribution in [0.5, 0.6) is 0 Å². The monoisotopic (exact) mass is 322 g/mol. The van der Waals surface area contributed by atoms with Gasteiger partial charge in [0.2, 0.25) is 5.91 Å². The van der Waals surface area contributed by atoms with Crippen molar-refractivity contribution in [2.45, 2.75) is 13.3 Å². The SMILES string of the molecule is CCCN(CC(=O)O)CC(=O)Nc1ccc(F)cc1F.Cl. The van der Waals surface area contributed by atoms with Gasteiger partial charge in [0, 0.05) is 6.07 Å². The first-order chi connectivity index (χ1) is 9.42. The molecule has 0 radical (unpaired) electrons. The zero-order valence-corrected chi connectivity index (χ0v) is 12.3. The molecule has 0 fully saturated rings. The average Bonchev–Trinajstić information content (AvgIpc) is 2.32. The maximum Gasteiger partial charge on any atom is 0.317 e. The molecule has 8 heteroatoms. The number of hydrogen-bond donors (Lipinski definition) is 2. The molecule has 0 saturated carbocycles. The fourth-order valence-electron chi connectivity index (χ4n) is 1.71. The molecular formula is C13H17ClF2N2O3. The van der Waals surface area contributed by atoms with Gasteiger partial charge in [-0.15, -0.1) is 12.4 Å². The van der Waals surface area contributed by atoms with Gasteiger partial charge in [0.15, 0.2) is 0 Å². The van der Waals surface area contributed by atoms with Gasteiger partial charge in [0.05, 0.1) is 18.8 Å². The van der Waals surface area contributed by atoms with Crippen LogP contribution in [0, 0.1) is 11.6 Å². The minimum absolute atomic E-state index is 0. The van der Waals surface area contributed by atoms with Gasteiger partial charge in [0.25, 0.3) is 0 Å². The molecule has 0 bridgehead atoms. The van der Waals surface area contributed by atoms with Gasteiger partial charge < -0.3 is 10.4 Å². The predicted molar refractivity (Wildman–Crippen MR) is 76.6 cm³/mol. The first-order valence-electron chi connectivity index (χ1n) is 6.11. The number of carboxylic acid groups (broad SMARTS) is 1. The molecule has 0 aromatic heterocycles. The Balaban J connectivity index is 0.00000400. The summed E-state index contributed by atoms with van der Waals surface area (Å²) in [4.78, 5) is 23.8. The maximum atomic E-state index is 13.3. The van der Waals surface area contributed by atoms with Gasteiger partial charge in [-0.1, -0.05) is 6.92 Å². The van der Waals surface area contributed by atoms with Crippen molar-refractivity contribution in [3.63, 3.8) is 0 Å². The molecule has 5 nitrogen and oxygen atoms in total. The smallest absolute Gasteiger partial charge is 0.317 e. The standard InChI is InChI=1S/C13H16F2N2O3.ClH/c1-2-5-17(8-13(19)20)7-12(18)16-11-4-3-9(14)6-10(11)15;/h3-4,6H,2,5,7-8H2,1H3,(H,16,18)(H,19,20);1H. The van der Waals surface area contributed by atoms with Crippen LogP contribution in [0.25, 0.3) is 0 Å². The number of amides is 1. The molecule has 0 aliphatic rings. The van der Waals surface area contributed by atoms with Crippen molar-refractivity contribution in [3.8, 4) is 0 Å². The summed E-state index contributed by atoms with van der Waals surface area (Å²) in [5, 5.41) is 11.0. The van der Waals surface area contributed by atoms with Gasteiger partial charge >= 0.3 is 5.97 Å². The van der Waals surface area contributed by atoms with Gasteiger partial charge in [-0.2, -0.15) is 0 Å². The van der Waals surface area contributed by atoms with Crippen molar-refractivity contribution in [1.29, 1.82) is 0 Å². The fourth-order valence-corrected chi connectivity index (χ4v) is 1.71. The number of nitrogens with one attached hydrogen (secondary N) is 1. The molecule has 0 spiro atoms. The van der Waals surface area contributed by atoms with E-state index in [4.69, 9.17) is 5.11 Å². The lowest BCUT2D eigenvalue weighted by Gasteiger charge is -2.18. The van der Waals surface area contributed by atoms with Crippen LogP contribution in [-0.2, 0) is 9.59 Å². The average molecular weight is 323 g/mol. The summed E-state index contributed by atoms with van der Waals surface area (Å²) in [5.41, 5.74) is -0.136. The van der Waals surface area contributed by atoms with Crippen LogP contribution in [0.4, 0.5) is 14.5 Å². The highest BCUT2D eigenvalue weighted by molar-refractivity contribution is 5.92. The Kier molecular flexibility index (Phi) is 8.49. The molecule has 1 aromatic carbocycles. The third-order valence-corrected chi connectivity index (χ3v) is 2.47. The molecule has 0 aliphatic carbocycles. The second kappa shape index (κ2) is 9.25. The van der Waals surface area contributed by atoms with Crippen LogP contribution in [-0.4, -0.2) is 41.5 Å². The normalized spacial score (nSPS) is 10.1. The summed E-state index contributed by atoms with van der Waals surface area (Å²) in [5.74, 6) is -3.21. The Labute approximate surface area is 127 Å². The van der Waals surface area contributed by atoms with Crippen LogP contribution in [0.3, 0.4) is 0 Å². The Morgan fingerprint density at radius 2 is 1.95 bits per heavy atom. The summed E-state index contributed by atoms with van der Waals surface area (Å²) in [6, 6.07) is 2.81. The number of anilines is 1.